The zero-order valence-electron chi connectivity index (χ0n) is 14.6. The first kappa shape index (κ1) is 18.7. The summed E-state index contributed by atoms with van der Waals surface area (Å²) >= 11 is 7.43. The Bertz CT molecular complexity index is 1040. The molecule has 1 fully saturated rings. The van der Waals surface area contributed by atoms with Crippen LogP contribution >= 0.6 is 23.4 Å². The average molecular weight is 423 g/mol. The van der Waals surface area contributed by atoms with Gasteiger partial charge in [-0.3, -0.25) is 4.40 Å². The number of pyridine rings is 1. The number of fused-ring (bicyclic) bond motifs is 1. The van der Waals surface area contributed by atoms with Crippen LogP contribution in [0, 0.1) is 0 Å². The van der Waals surface area contributed by atoms with E-state index < -0.39 is 10.0 Å². The smallest absolute Gasteiger partial charge is 0.246 e. The maximum absolute atomic E-state index is 13.0. The normalized spacial score (nSPS) is 16.0. The highest BCUT2D eigenvalue weighted by Crippen LogP contribution is 2.27. The van der Waals surface area contributed by atoms with E-state index in [9.17, 15) is 8.42 Å². The molecular formula is C18H19ClN4O2S2. The molecule has 0 spiro atoms. The molecule has 0 unspecified atom stereocenters. The lowest BCUT2D eigenvalue weighted by Gasteiger charge is -2.25. The Morgan fingerprint density at radius 2 is 1.78 bits per heavy atom. The lowest BCUT2D eigenvalue weighted by molar-refractivity contribution is 0.347. The van der Waals surface area contributed by atoms with Crippen LogP contribution in [-0.4, -0.2) is 40.4 Å². The molecule has 0 bridgehead atoms. The summed E-state index contributed by atoms with van der Waals surface area (Å²) in [5.41, 5.74) is 1.49. The number of aromatic nitrogens is 3. The van der Waals surface area contributed by atoms with E-state index in [1.54, 1.807) is 27.0 Å². The van der Waals surface area contributed by atoms with E-state index in [0.717, 1.165) is 24.8 Å². The minimum Gasteiger partial charge on any atom is -0.276 e. The van der Waals surface area contributed by atoms with Gasteiger partial charge >= 0.3 is 0 Å². The maximum Gasteiger partial charge on any atom is 0.246 e. The van der Waals surface area contributed by atoms with Gasteiger partial charge in [0, 0.05) is 30.1 Å². The first-order valence-electron chi connectivity index (χ1n) is 8.77. The summed E-state index contributed by atoms with van der Waals surface area (Å²) in [4.78, 5) is 0.220. The predicted octanol–water partition coefficient (Wildman–Crippen LogP) is 3.85. The molecule has 0 atom stereocenters. The van der Waals surface area contributed by atoms with Crippen molar-refractivity contribution in [3.8, 4) is 0 Å². The van der Waals surface area contributed by atoms with Crippen LogP contribution in [0.3, 0.4) is 0 Å². The fourth-order valence-electron chi connectivity index (χ4n) is 3.14. The molecule has 1 aliphatic rings. The second kappa shape index (κ2) is 7.79. The topological polar surface area (TPSA) is 67.6 Å². The number of thioether (sulfide) groups is 1. The molecule has 4 rings (SSSR count). The molecule has 2 aromatic heterocycles. The molecule has 27 heavy (non-hydrogen) atoms. The molecular weight excluding hydrogens is 404 g/mol. The van der Waals surface area contributed by atoms with Crippen molar-refractivity contribution in [1.82, 2.24) is 18.9 Å². The summed E-state index contributed by atoms with van der Waals surface area (Å²) in [6.07, 6.45) is 4.68. The van der Waals surface area contributed by atoms with Crippen LogP contribution in [0.5, 0.6) is 0 Å². The van der Waals surface area contributed by atoms with Crippen LogP contribution in [0.1, 0.15) is 24.8 Å². The third-order valence-corrected chi connectivity index (χ3v) is 7.77. The van der Waals surface area contributed by atoms with Crippen molar-refractivity contribution < 1.29 is 8.42 Å². The lowest BCUT2D eigenvalue weighted by atomic mass is 10.2. The van der Waals surface area contributed by atoms with Crippen molar-refractivity contribution in [2.45, 2.75) is 35.1 Å². The molecule has 1 aliphatic heterocycles. The van der Waals surface area contributed by atoms with Crippen molar-refractivity contribution in [1.29, 1.82) is 0 Å². The Kier molecular flexibility index (Phi) is 5.41. The number of nitrogens with zero attached hydrogens (tertiary/aromatic N) is 4. The van der Waals surface area contributed by atoms with Gasteiger partial charge in [0.1, 0.15) is 4.90 Å². The molecule has 3 aromatic rings. The van der Waals surface area contributed by atoms with Gasteiger partial charge in [0.05, 0.1) is 0 Å². The molecule has 6 nitrogen and oxygen atoms in total. The molecule has 3 heterocycles. The molecule has 142 valence electrons. The van der Waals surface area contributed by atoms with Crippen LogP contribution in [0.2, 0.25) is 5.02 Å². The zero-order valence-corrected chi connectivity index (χ0v) is 17.0. The third kappa shape index (κ3) is 3.85. The number of sulfonamides is 1. The van der Waals surface area contributed by atoms with Crippen molar-refractivity contribution in [2.24, 2.45) is 0 Å². The first-order chi connectivity index (χ1) is 13.1. The van der Waals surface area contributed by atoms with E-state index in [-0.39, 0.29) is 4.90 Å². The monoisotopic (exact) mass is 422 g/mol. The Labute approximate surface area is 167 Å². The van der Waals surface area contributed by atoms with Crippen molar-refractivity contribution in [2.75, 3.05) is 13.1 Å². The van der Waals surface area contributed by atoms with E-state index >= 15 is 0 Å². The standard InChI is InChI=1S/C18H19ClN4O2S2/c19-15-8-6-14(7-9-15)13-26-18-21-20-17-16(5-4-12-23(17)18)27(24,25)22-10-2-1-3-11-22/h4-9,12H,1-3,10-11,13H2. The van der Waals surface area contributed by atoms with E-state index in [2.05, 4.69) is 10.2 Å². The van der Waals surface area contributed by atoms with Gasteiger partial charge in [-0.05, 0) is 42.7 Å². The number of benzene rings is 1. The fourth-order valence-corrected chi connectivity index (χ4v) is 5.78. The van der Waals surface area contributed by atoms with E-state index in [1.807, 2.05) is 24.3 Å². The van der Waals surface area contributed by atoms with Gasteiger partial charge in [-0.25, -0.2) is 8.42 Å². The Hall–Kier alpha value is -1.61. The van der Waals surface area contributed by atoms with Crippen LogP contribution in [-0.2, 0) is 15.8 Å². The summed E-state index contributed by atoms with van der Waals surface area (Å²) in [6.45, 7) is 1.13. The SMILES string of the molecule is O=S(=O)(c1cccn2c(SCc3ccc(Cl)cc3)nnc12)N1CCCCC1. The third-order valence-electron chi connectivity index (χ3n) is 4.58. The van der Waals surface area contributed by atoms with Gasteiger partial charge in [0.2, 0.25) is 10.0 Å². The average Bonchev–Trinajstić information content (AvgIpc) is 3.11. The maximum atomic E-state index is 13.0. The second-order valence-electron chi connectivity index (χ2n) is 6.43. The summed E-state index contributed by atoms with van der Waals surface area (Å²) < 4.78 is 29.4. The largest absolute Gasteiger partial charge is 0.276 e. The number of hydrogen-bond donors (Lipinski definition) is 0. The Balaban J connectivity index is 1.62. The Morgan fingerprint density at radius 1 is 1.04 bits per heavy atom. The summed E-state index contributed by atoms with van der Waals surface area (Å²) in [5, 5.41) is 9.75. The number of rotatable bonds is 5. The number of halogens is 1. The molecule has 0 N–H and O–H groups in total. The van der Waals surface area contributed by atoms with Crippen molar-refractivity contribution in [3.63, 3.8) is 0 Å². The number of hydrogen-bond acceptors (Lipinski definition) is 5. The molecule has 0 saturated carbocycles. The summed E-state index contributed by atoms with van der Waals surface area (Å²) in [5.74, 6) is 0.696. The lowest BCUT2D eigenvalue weighted by Crippen LogP contribution is -2.35. The van der Waals surface area contributed by atoms with E-state index in [1.165, 1.54) is 11.8 Å². The van der Waals surface area contributed by atoms with E-state index in [4.69, 9.17) is 11.6 Å². The molecule has 9 heteroatoms. The minimum atomic E-state index is -3.56. The van der Waals surface area contributed by atoms with Crippen molar-refractivity contribution in [3.05, 3.63) is 53.2 Å². The fraction of sp³-hybridized carbons (Fsp3) is 0.333. The van der Waals surface area contributed by atoms with Crippen LogP contribution < -0.4 is 0 Å². The van der Waals surface area contributed by atoms with Gasteiger partial charge in [-0.1, -0.05) is 41.9 Å². The minimum absolute atomic E-state index is 0.220. The molecule has 1 saturated heterocycles. The zero-order chi connectivity index (χ0) is 18.9. The quantitative estimate of drug-likeness (QED) is 0.584. The molecule has 1 aromatic carbocycles. The highest BCUT2D eigenvalue weighted by atomic mass is 35.5. The van der Waals surface area contributed by atoms with Gasteiger partial charge in [0.25, 0.3) is 0 Å². The highest BCUT2D eigenvalue weighted by Gasteiger charge is 2.29. The highest BCUT2D eigenvalue weighted by molar-refractivity contribution is 7.98. The van der Waals surface area contributed by atoms with Gasteiger partial charge in [0.15, 0.2) is 10.8 Å². The number of piperidine rings is 1. The molecule has 0 radical (unpaired) electrons. The molecule has 0 aliphatic carbocycles. The van der Waals surface area contributed by atoms with Crippen LogP contribution in [0.25, 0.3) is 5.65 Å². The predicted molar refractivity (Wildman–Crippen MR) is 107 cm³/mol. The Morgan fingerprint density at radius 3 is 2.52 bits per heavy atom. The first-order valence-corrected chi connectivity index (χ1v) is 11.6. The van der Waals surface area contributed by atoms with Gasteiger partial charge in [-0.2, -0.15) is 4.31 Å². The van der Waals surface area contributed by atoms with Gasteiger partial charge in [-0.15, -0.1) is 10.2 Å². The summed E-state index contributed by atoms with van der Waals surface area (Å²) in [6, 6.07) is 11.0. The van der Waals surface area contributed by atoms with Crippen LogP contribution in [0.4, 0.5) is 0 Å². The van der Waals surface area contributed by atoms with Gasteiger partial charge < -0.3 is 0 Å². The second-order valence-corrected chi connectivity index (χ2v) is 9.71. The van der Waals surface area contributed by atoms with Crippen LogP contribution in [0.15, 0.2) is 52.6 Å². The summed E-state index contributed by atoms with van der Waals surface area (Å²) in [7, 11) is -3.56. The van der Waals surface area contributed by atoms with Crippen molar-refractivity contribution >= 4 is 39.0 Å². The van der Waals surface area contributed by atoms with E-state index in [0.29, 0.717) is 34.7 Å². The molecule has 0 amide bonds.